The maximum atomic E-state index is 14.2. The summed E-state index contributed by atoms with van der Waals surface area (Å²) in [6.45, 7) is 3.94. The highest BCUT2D eigenvalue weighted by atomic mass is 19.1. The van der Waals surface area contributed by atoms with Crippen molar-refractivity contribution < 1.29 is 23.5 Å². The molecule has 0 saturated carbocycles. The Labute approximate surface area is 219 Å². The normalized spacial score (nSPS) is 29.5. The first-order chi connectivity index (χ1) is 18.1. The number of hydrogen-bond acceptors (Lipinski definition) is 5. The Morgan fingerprint density at radius 3 is 2.50 bits per heavy atom. The number of amides is 3. The number of benzene rings is 3. The Bertz CT molecular complexity index is 1560. The van der Waals surface area contributed by atoms with E-state index < -0.39 is 28.4 Å². The monoisotopic (exact) mass is 511 g/mol. The van der Waals surface area contributed by atoms with E-state index in [0.717, 1.165) is 0 Å². The number of anilines is 1. The van der Waals surface area contributed by atoms with Crippen LogP contribution >= 0.6 is 0 Å². The van der Waals surface area contributed by atoms with Gasteiger partial charge in [-0.25, -0.2) is 9.29 Å². The molecule has 3 aromatic carbocycles. The molecule has 0 aromatic heterocycles. The van der Waals surface area contributed by atoms with E-state index in [1.54, 1.807) is 12.1 Å². The summed E-state index contributed by atoms with van der Waals surface area (Å²) in [6.07, 6.45) is 1.56. The van der Waals surface area contributed by atoms with Gasteiger partial charge in [-0.15, -0.1) is 0 Å². The quantitative estimate of drug-likeness (QED) is 0.509. The van der Waals surface area contributed by atoms with Gasteiger partial charge in [0.25, 0.3) is 5.91 Å². The van der Waals surface area contributed by atoms with E-state index in [-0.39, 0.29) is 24.3 Å². The van der Waals surface area contributed by atoms with Crippen molar-refractivity contribution in [2.24, 2.45) is 11.3 Å². The standard InChI is InChI=1S/C30H26FN3O4/c1-28-13-14-30(38-28,15-16-33-25(35)18-7-10-20(31)11-8-18)29(2)24(28)26(36)34(27(29)37)23-12-9-19(17-32)21-5-3-4-6-22(21)23/h3-12,24H,13-16H2,1-2H3,(H,33,35)/t24-,28?,29+,30?/m1/s1. The maximum Gasteiger partial charge on any atom is 0.251 e. The molecule has 6 rings (SSSR count). The van der Waals surface area contributed by atoms with Crippen LogP contribution in [0.1, 0.15) is 49.0 Å². The van der Waals surface area contributed by atoms with E-state index in [1.807, 2.05) is 38.1 Å². The molecule has 3 amide bonds. The zero-order valence-corrected chi connectivity index (χ0v) is 21.1. The molecular formula is C30H26FN3O4. The molecule has 8 heteroatoms. The molecule has 192 valence electrons. The lowest BCUT2D eigenvalue weighted by atomic mass is 9.58. The molecule has 3 heterocycles. The number of nitrogens with one attached hydrogen (secondary N) is 1. The zero-order valence-electron chi connectivity index (χ0n) is 21.1. The van der Waals surface area contributed by atoms with Crippen LogP contribution in [0.15, 0.2) is 60.7 Å². The van der Waals surface area contributed by atoms with Crippen molar-refractivity contribution in [2.75, 3.05) is 11.4 Å². The van der Waals surface area contributed by atoms with Gasteiger partial charge in [0.15, 0.2) is 0 Å². The van der Waals surface area contributed by atoms with E-state index in [0.29, 0.717) is 46.8 Å². The third kappa shape index (κ3) is 3.12. The average molecular weight is 512 g/mol. The van der Waals surface area contributed by atoms with Crippen molar-refractivity contribution in [1.82, 2.24) is 5.32 Å². The molecule has 2 unspecified atom stereocenters. The Balaban J connectivity index is 1.33. The fraction of sp³-hybridized carbons (Fsp3) is 0.333. The van der Waals surface area contributed by atoms with Crippen LogP contribution in [0.5, 0.6) is 0 Å². The minimum atomic E-state index is -1.12. The Hall–Kier alpha value is -4.09. The van der Waals surface area contributed by atoms with Gasteiger partial charge < -0.3 is 10.1 Å². The molecule has 3 aromatic rings. The SMILES string of the molecule is CC12CCC(CCNC(=O)c3ccc(F)cc3)(O1)[C@]1(C)C(=O)N(c3ccc(C#N)c4ccccc34)C(=O)[C@H]21. The average Bonchev–Trinajstić information content (AvgIpc) is 3.44. The number of nitriles is 1. The highest BCUT2D eigenvalue weighted by molar-refractivity contribution is 6.27. The number of rotatable bonds is 5. The number of hydrogen-bond donors (Lipinski definition) is 1. The van der Waals surface area contributed by atoms with Crippen LogP contribution in [-0.4, -0.2) is 35.5 Å². The molecule has 3 fully saturated rings. The van der Waals surface area contributed by atoms with Crippen LogP contribution < -0.4 is 10.2 Å². The second kappa shape index (κ2) is 8.20. The molecule has 0 spiro atoms. The number of ether oxygens (including phenoxy) is 1. The van der Waals surface area contributed by atoms with Gasteiger partial charge in [0, 0.05) is 22.9 Å². The molecule has 7 nitrogen and oxygen atoms in total. The van der Waals surface area contributed by atoms with E-state index in [1.165, 1.54) is 29.2 Å². The number of carbonyl (C=O) groups excluding carboxylic acids is 3. The van der Waals surface area contributed by atoms with Gasteiger partial charge in [-0.3, -0.25) is 14.4 Å². The topological polar surface area (TPSA) is 99.5 Å². The van der Waals surface area contributed by atoms with E-state index in [9.17, 15) is 24.0 Å². The summed E-state index contributed by atoms with van der Waals surface area (Å²) in [5.41, 5.74) is -1.58. The predicted octanol–water partition coefficient (Wildman–Crippen LogP) is 4.49. The van der Waals surface area contributed by atoms with E-state index >= 15 is 0 Å². The van der Waals surface area contributed by atoms with Gasteiger partial charge in [0.1, 0.15) is 5.82 Å². The number of imide groups is 1. The fourth-order valence-corrected chi connectivity index (χ4v) is 7.05. The van der Waals surface area contributed by atoms with Gasteiger partial charge >= 0.3 is 0 Å². The van der Waals surface area contributed by atoms with Crippen LogP contribution in [0.25, 0.3) is 10.8 Å². The molecule has 0 radical (unpaired) electrons. The van der Waals surface area contributed by atoms with Gasteiger partial charge in [-0.1, -0.05) is 24.3 Å². The van der Waals surface area contributed by atoms with Crippen molar-refractivity contribution in [3.8, 4) is 6.07 Å². The van der Waals surface area contributed by atoms with Gasteiger partial charge in [-0.05, 0) is 69.5 Å². The second-order valence-corrected chi connectivity index (χ2v) is 10.8. The minimum Gasteiger partial charge on any atom is -0.367 e. The van der Waals surface area contributed by atoms with Gasteiger partial charge in [0.2, 0.25) is 11.8 Å². The third-order valence-electron chi connectivity index (χ3n) is 8.89. The van der Waals surface area contributed by atoms with Crippen LogP contribution in [0.3, 0.4) is 0 Å². The van der Waals surface area contributed by atoms with Crippen molar-refractivity contribution in [1.29, 1.82) is 5.26 Å². The summed E-state index contributed by atoms with van der Waals surface area (Å²) in [5, 5.41) is 13.8. The van der Waals surface area contributed by atoms with Crippen molar-refractivity contribution >= 4 is 34.2 Å². The fourth-order valence-electron chi connectivity index (χ4n) is 7.05. The Morgan fingerprint density at radius 1 is 1.08 bits per heavy atom. The number of halogens is 1. The first kappa shape index (κ1) is 24.3. The molecule has 3 saturated heterocycles. The highest BCUT2D eigenvalue weighted by Crippen LogP contribution is 2.68. The summed E-state index contributed by atoms with van der Waals surface area (Å²) in [4.78, 5) is 42.1. The Kier molecular flexibility index (Phi) is 5.24. The predicted molar refractivity (Wildman–Crippen MR) is 138 cm³/mol. The summed E-state index contributed by atoms with van der Waals surface area (Å²) in [6, 6.07) is 18.0. The number of fused-ring (bicyclic) bond motifs is 6. The summed E-state index contributed by atoms with van der Waals surface area (Å²) < 4.78 is 19.8. The summed E-state index contributed by atoms with van der Waals surface area (Å²) >= 11 is 0. The lowest BCUT2D eigenvalue weighted by Crippen LogP contribution is -2.53. The molecule has 0 aliphatic carbocycles. The Morgan fingerprint density at radius 2 is 1.79 bits per heavy atom. The molecular weight excluding hydrogens is 485 g/mol. The smallest absolute Gasteiger partial charge is 0.251 e. The maximum absolute atomic E-state index is 14.2. The third-order valence-corrected chi connectivity index (χ3v) is 8.89. The van der Waals surface area contributed by atoms with Crippen molar-refractivity contribution in [3.63, 3.8) is 0 Å². The van der Waals surface area contributed by atoms with Crippen molar-refractivity contribution in [2.45, 2.75) is 44.3 Å². The number of nitrogens with zero attached hydrogens (tertiary/aromatic N) is 2. The summed E-state index contributed by atoms with van der Waals surface area (Å²) in [5.74, 6) is -2.06. The molecule has 4 atom stereocenters. The van der Waals surface area contributed by atoms with Gasteiger partial charge in [-0.2, -0.15) is 5.26 Å². The lowest BCUT2D eigenvalue weighted by molar-refractivity contribution is -0.137. The van der Waals surface area contributed by atoms with E-state index in [2.05, 4.69) is 11.4 Å². The van der Waals surface area contributed by atoms with Crippen LogP contribution in [0.4, 0.5) is 10.1 Å². The highest BCUT2D eigenvalue weighted by Gasteiger charge is 2.80. The van der Waals surface area contributed by atoms with Crippen LogP contribution in [0.2, 0.25) is 0 Å². The second-order valence-electron chi connectivity index (χ2n) is 10.8. The van der Waals surface area contributed by atoms with Gasteiger partial charge in [0.05, 0.1) is 39.9 Å². The zero-order chi connectivity index (χ0) is 26.9. The molecule has 3 aliphatic heterocycles. The molecule has 2 bridgehead atoms. The number of carbonyl (C=O) groups is 3. The minimum absolute atomic E-state index is 0.232. The van der Waals surface area contributed by atoms with Crippen LogP contribution in [-0.2, 0) is 14.3 Å². The molecule has 38 heavy (non-hydrogen) atoms. The van der Waals surface area contributed by atoms with Crippen LogP contribution in [0, 0.1) is 28.5 Å². The van der Waals surface area contributed by atoms with Crippen molar-refractivity contribution in [3.05, 3.63) is 77.6 Å². The first-order valence-electron chi connectivity index (χ1n) is 12.7. The largest absolute Gasteiger partial charge is 0.367 e. The van der Waals surface area contributed by atoms with E-state index in [4.69, 9.17) is 4.74 Å². The summed E-state index contributed by atoms with van der Waals surface area (Å²) in [7, 11) is 0. The first-order valence-corrected chi connectivity index (χ1v) is 12.7. The molecule has 3 aliphatic rings. The molecule has 1 N–H and O–H groups in total. The lowest BCUT2D eigenvalue weighted by Gasteiger charge is -2.40.